The third kappa shape index (κ3) is 3.41. The van der Waals surface area contributed by atoms with E-state index >= 15 is 0 Å². The molecule has 0 aromatic carbocycles. The van der Waals surface area contributed by atoms with Crippen molar-refractivity contribution in [3.05, 3.63) is 20.8 Å². The van der Waals surface area contributed by atoms with E-state index in [1.165, 1.54) is 41.0 Å². The minimum Gasteiger partial charge on any atom is -0.315 e. The average Bonchev–Trinajstić information content (AvgIpc) is 3.06. The van der Waals surface area contributed by atoms with Crippen LogP contribution in [0, 0.1) is 0 Å². The van der Waals surface area contributed by atoms with E-state index < -0.39 is 0 Å². The Morgan fingerprint density at radius 2 is 2.11 bits per heavy atom. The maximum atomic E-state index is 3.58. The molecule has 2 nitrogen and oxygen atoms in total. The van der Waals surface area contributed by atoms with Gasteiger partial charge in [0.15, 0.2) is 0 Å². The first-order valence-electron chi connectivity index (χ1n) is 7.26. The fraction of sp³-hybridized carbons (Fsp3) is 0.733. The summed E-state index contributed by atoms with van der Waals surface area (Å²) in [5, 5.41) is 3.58. The third-order valence-corrected chi connectivity index (χ3v) is 6.32. The molecule has 2 heterocycles. The van der Waals surface area contributed by atoms with E-state index in [9.17, 15) is 0 Å². The second-order valence-corrected chi connectivity index (χ2v) is 8.20. The standard InChI is InChI=1S/C15H25BrN2S/c1-4-15(2,18-9-5-6-10-18)13(17-3)11-12-7-8-14(16)19-12/h7-8,13,17H,4-6,9-11H2,1-3H3. The highest BCUT2D eigenvalue weighted by Gasteiger charge is 2.38. The van der Waals surface area contributed by atoms with Gasteiger partial charge in [0, 0.05) is 16.5 Å². The summed E-state index contributed by atoms with van der Waals surface area (Å²) >= 11 is 5.42. The molecule has 0 spiro atoms. The molecular weight excluding hydrogens is 320 g/mol. The largest absolute Gasteiger partial charge is 0.315 e. The number of halogens is 1. The van der Waals surface area contributed by atoms with Gasteiger partial charge in [-0.1, -0.05) is 6.92 Å². The van der Waals surface area contributed by atoms with E-state index in [4.69, 9.17) is 0 Å². The van der Waals surface area contributed by atoms with Crippen molar-refractivity contribution >= 4 is 27.3 Å². The van der Waals surface area contributed by atoms with Crippen molar-refractivity contribution in [2.24, 2.45) is 0 Å². The molecular formula is C15H25BrN2S. The Kier molecular flexibility index (Phi) is 5.46. The highest BCUT2D eigenvalue weighted by molar-refractivity contribution is 9.11. The molecule has 108 valence electrons. The zero-order valence-electron chi connectivity index (χ0n) is 12.2. The van der Waals surface area contributed by atoms with Crippen LogP contribution in [0.5, 0.6) is 0 Å². The maximum Gasteiger partial charge on any atom is 0.0701 e. The quantitative estimate of drug-likeness (QED) is 0.841. The number of likely N-dealkylation sites (tertiary alicyclic amines) is 1. The van der Waals surface area contributed by atoms with Gasteiger partial charge in [-0.3, -0.25) is 4.90 Å². The van der Waals surface area contributed by atoms with Gasteiger partial charge in [-0.2, -0.15) is 0 Å². The first kappa shape index (κ1) is 15.5. The van der Waals surface area contributed by atoms with E-state index in [0.29, 0.717) is 6.04 Å². The van der Waals surface area contributed by atoms with Gasteiger partial charge in [0.25, 0.3) is 0 Å². The lowest BCUT2D eigenvalue weighted by Gasteiger charge is -2.44. The second-order valence-electron chi connectivity index (χ2n) is 5.66. The van der Waals surface area contributed by atoms with E-state index in [0.717, 1.165) is 6.42 Å². The molecule has 0 saturated carbocycles. The lowest BCUT2D eigenvalue weighted by Crippen LogP contribution is -2.58. The van der Waals surface area contributed by atoms with Crippen molar-refractivity contribution < 1.29 is 0 Å². The van der Waals surface area contributed by atoms with E-state index in [1.807, 2.05) is 11.3 Å². The van der Waals surface area contributed by atoms with Crippen LogP contribution in [-0.4, -0.2) is 36.6 Å². The minimum absolute atomic E-state index is 0.266. The first-order valence-corrected chi connectivity index (χ1v) is 8.87. The van der Waals surface area contributed by atoms with Crippen molar-refractivity contribution in [1.29, 1.82) is 0 Å². The van der Waals surface area contributed by atoms with Crippen molar-refractivity contribution in [3.63, 3.8) is 0 Å². The fourth-order valence-corrected chi connectivity index (χ4v) is 4.74. The molecule has 2 unspecified atom stereocenters. The average molecular weight is 345 g/mol. The molecule has 1 saturated heterocycles. The van der Waals surface area contributed by atoms with Crippen LogP contribution in [0.2, 0.25) is 0 Å². The van der Waals surface area contributed by atoms with Crippen LogP contribution in [0.15, 0.2) is 15.9 Å². The van der Waals surface area contributed by atoms with Crippen molar-refractivity contribution in [1.82, 2.24) is 10.2 Å². The second kappa shape index (κ2) is 6.70. The summed E-state index contributed by atoms with van der Waals surface area (Å²) in [4.78, 5) is 4.15. The van der Waals surface area contributed by atoms with Gasteiger partial charge in [0.05, 0.1) is 3.79 Å². The topological polar surface area (TPSA) is 15.3 Å². The number of hydrogen-bond acceptors (Lipinski definition) is 3. The predicted octanol–water partition coefficient (Wildman–Crippen LogP) is 3.91. The van der Waals surface area contributed by atoms with Crippen LogP contribution in [0.4, 0.5) is 0 Å². The summed E-state index contributed by atoms with van der Waals surface area (Å²) in [6, 6.07) is 4.92. The Balaban J connectivity index is 2.13. The molecule has 2 atom stereocenters. The van der Waals surface area contributed by atoms with Crippen LogP contribution in [0.25, 0.3) is 0 Å². The molecule has 2 rings (SSSR count). The summed E-state index contributed by atoms with van der Waals surface area (Å²) < 4.78 is 1.23. The third-order valence-electron chi connectivity index (χ3n) is 4.68. The Morgan fingerprint density at radius 3 is 2.58 bits per heavy atom. The van der Waals surface area contributed by atoms with Crippen molar-refractivity contribution in [3.8, 4) is 0 Å². The maximum absolute atomic E-state index is 3.58. The van der Waals surface area contributed by atoms with Crippen LogP contribution in [0.3, 0.4) is 0 Å². The molecule has 0 amide bonds. The molecule has 1 N–H and O–H groups in total. The van der Waals surface area contributed by atoms with Crippen LogP contribution in [0.1, 0.15) is 38.0 Å². The zero-order chi connectivity index (χ0) is 13.9. The summed E-state index contributed by atoms with van der Waals surface area (Å²) in [6.07, 6.45) is 5.03. The zero-order valence-corrected chi connectivity index (χ0v) is 14.6. The van der Waals surface area contributed by atoms with E-state index in [2.05, 4.69) is 59.2 Å². The van der Waals surface area contributed by atoms with Crippen molar-refractivity contribution in [2.75, 3.05) is 20.1 Å². The Labute approximate surface area is 129 Å². The molecule has 1 aromatic heterocycles. The molecule has 0 bridgehead atoms. The van der Waals surface area contributed by atoms with Crippen LogP contribution < -0.4 is 5.32 Å². The number of nitrogens with zero attached hydrogens (tertiary/aromatic N) is 1. The fourth-order valence-electron chi connectivity index (χ4n) is 3.21. The summed E-state index contributed by atoms with van der Waals surface area (Å²) in [5.41, 5.74) is 0.266. The van der Waals surface area contributed by atoms with Gasteiger partial charge < -0.3 is 5.32 Å². The molecule has 0 radical (unpaired) electrons. The van der Waals surface area contributed by atoms with Crippen LogP contribution in [-0.2, 0) is 6.42 Å². The molecule has 1 aliphatic heterocycles. The van der Waals surface area contributed by atoms with Gasteiger partial charge in [-0.15, -0.1) is 11.3 Å². The van der Waals surface area contributed by atoms with Gasteiger partial charge in [0.2, 0.25) is 0 Å². The highest BCUT2D eigenvalue weighted by atomic mass is 79.9. The molecule has 4 heteroatoms. The van der Waals surface area contributed by atoms with Gasteiger partial charge in [0.1, 0.15) is 0 Å². The number of nitrogens with one attached hydrogen (secondary N) is 1. The lowest BCUT2D eigenvalue weighted by atomic mass is 9.85. The number of likely N-dealkylation sites (N-methyl/N-ethyl adjacent to an activating group) is 1. The monoisotopic (exact) mass is 344 g/mol. The summed E-state index contributed by atoms with van der Waals surface area (Å²) in [7, 11) is 2.11. The Bertz CT molecular complexity index is 401. The SMILES string of the molecule is CCC(C)(C(Cc1ccc(Br)s1)NC)N1CCCC1. The highest BCUT2D eigenvalue weighted by Crippen LogP contribution is 2.31. The number of thiophene rings is 1. The summed E-state index contributed by atoms with van der Waals surface area (Å²) in [5.74, 6) is 0. The summed E-state index contributed by atoms with van der Waals surface area (Å²) in [6.45, 7) is 7.28. The van der Waals surface area contributed by atoms with Crippen molar-refractivity contribution in [2.45, 2.75) is 51.1 Å². The lowest BCUT2D eigenvalue weighted by molar-refractivity contribution is 0.0876. The Hall–Kier alpha value is 0.1000. The smallest absolute Gasteiger partial charge is 0.0701 e. The predicted molar refractivity (Wildman–Crippen MR) is 88.1 cm³/mol. The van der Waals surface area contributed by atoms with Gasteiger partial charge in [-0.25, -0.2) is 0 Å². The van der Waals surface area contributed by atoms with Gasteiger partial charge >= 0.3 is 0 Å². The normalized spacial score (nSPS) is 21.5. The minimum atomic E-state index is 0.266. The molecule has 1 aliphatic rings. The molecule has 1 aromatic rings. The number of hydrogen-bond donors (Lipinski definition) is 1. The van der Waals surface area contributed by atoms with E-state index in [-0.39, 0.29) is 5.54 Å². The number of rotatable bonds is 6. The van der Waals surface area contributed by atoms with Crippen LogP contribution >= 0.6 is 27.3 Å². The van der Waals surface area contributed by atoms with Gasteiger partial charge in [-0.05, 0) is 80.8 Å². The molecule has 1 fully saturated rings. The molecule has 19 heavy (non-hydrogen) atoms. The van der Waals surface area contributed by atoms with E-state index in [1.54, 1.807) is 0 Å². The molecule has 0 aliphatic carbocycles. The first-order chi connectivity index (χ1) is 9.10. The Morgan fingerprint density at radius 1 is 1.42 bits per heavy atom.